The number of nitrogens with zero attached hydrogens (tertiary/aromatic N) is 3. The van der Waals surface area contributed by atoms with Gasteiger partial charge in [-0.3, -0.25) is 5.01 Å². The summed E-state index contributed by atoms with van der Waals surface area (Å²) < 4.78 is 5.29. The standard InChI is InChI=1S/C27H30N4O3/c1-3-34-27(33)24-17-23(19-9-11-20(12-10-19)30-15-13-22(32)14-16-30)25-18(2)29-31(26(25)28-24)21-7-5-4-6-8-21/h4-12,17-18,22,29,32H,3,13-16H2,1-2H3. The summed E-state index contributed by atoms with van der Waals surface area (Å²) in [5.41, 5.74) is 8.92. The van der Waals surface area contributed by atoms with Crippen molar-refractivity contribution in [1.82, 2.24) is 10.4 Å². The number of anilines is 3. The van der Waals surface area contributed by atoms with E-state index >= 15 is 0 Å². The summed E-state index contributed by atoms with van der Waals surface area (Å²) >= 11 is 0. The molecule has 1 unspecified atom stereocenters. The minimum atomic E-state index is -0.428. The number of aliphatic hydroxyl groups excluding tert-OH is 1. The van der Waals surface area contributed by atoms with Crippen molar-refractivity contribution in [3.05, 3.63) is 71.9 Å². The van der Waals surface area contributed by atoms with E-state index in [9.17, 15) is 9.90 Å². The van der Waals surface area contributed by atoms with Crippen LogP contribution >= 0.6 is 0 Å². The number of nitrogens with one attached hydrogen (secondary N) is 1. The van der Waals surface area contributed by atoms with E-state index in [1.54, 1.807) is 6.92 Å². The molecule has 1 aromatic heterocycles. The molecule has 0 bridgehead atoms. The third-order valence-corrected chi connectivity index (χ3v) is 6.51. The van der Waals surface area contributed by atoms with Crippen LogP contribution in [0.15, 0.2) is 60.7 Å². The fourth-order valence-electron chi connectivity index (χ4n) is 4.76. The van der Waals surface area contributed by atoms with Gasteiger partial charge >= 0.3 is 5.97 Å². The molecule has 2 aliphatic heterocycles. The fraction of sp³-hybridized carbons (Fsp3) is 0.333. The van der Waals surface area contributed by atoms with Gasteiger partial charge in [0.15, 0.2) is 11.5 Å². The summed E-state index contributed by atoms with van der Waals surface area (Å²) in [6.45, 7) is 5.90. The summed E-state index contributed by atoms with van der Waals surface area (Å²) in [7, 11) is 0. The molecule has 0 amide bonds. The van der Waals surface area contributed by atoms with Crippen molar-refractivity contribution in [3.8, 4) is 11.1 Å². The van der Waals surface area contributed by atoms with Crippen molar-refractivity contribution < 1.29 is 14.6 Å². The number of carbonyl (C=O) groups excluding carboxylic acids is 1. The van der Waals surface area contributed by atoms with Crippen molar-refractivity contribution in [2.45, 2.75) is 38.8 Å². The minimum absolute atomic E-state index is 0.0113. The van der Waals surface area contributed by atoms with Gasteiger partial charge in [-0.15, -0.1) is 0 Å². The summed E-state index contributed by atoms with van der Waals surface area (Å²) in [6.07, 6.45) is 1.39. The molecule has 0 radical (unpaired) electrons. The van der Waals surface area contributed by atoms with Gasteiger partial charge in [0.25, 0.3) is 0 Å². The van der Waals surface area contributed by atoms with E-state index in [1.807, 2.05) is 41.4 Å². The van der Waals surface area contributed by atoms with Crippen molar-refractivity contribution in [2.75, 3.05) is 29.6 Å². The lowest BCUT2D eigenvalue weighted by atomic mass is 9.96. The van der Waals surface area contributed by atoms with Crippen LogP contribution < -0.4 is 15.3 Å². The lowest BCUT2D eigenvalue weighted by Gasteiger charge is -2.31. The number of esters is 1. The first-order valence-electron chi connectivity index (χ1n) is 11.9. The highest BCUT2D eigenvalue weighted by atomic mass is 16.5. The highest BCUT2D eigenvalue weighted by Crippen LogP contribution is 2.42. The molecule has 34 heavy (non-hydrogen) atoms. The number of hydrogen-bond acceptors (Lipinski definition) is 7. The zero-order chi connectivity index (χ0) is 23.7. The second kappa shape index (κ2) is 9.44. The van der Waals surface area contributed by atoms with Crippen molar-refractivity contribution in [2.24, 2.45) is 0 Å². The highest BCUT2D eigenvalue weighted by Gasteiger charge is 2.32. The van der Waals surface area contributed by atoms with Crippen molar-refractivity contribution in [3.63, 3.8) is 0 Å². The molecule has 2 N–H and O–H groups in total. The van der Waals surface area contributed by atoms with Gasteiger partial charge < -0.3 is 14.7 Å². The molecular formula is C27H30N4O3. The molecule has 7 nitrogen and oxygen atoms in total. The topological polar surface area (TPSA) is 77.9 Å². The van der Waals surface area contributed by atoms with E-state index < -0.39 is 5.97 Å². The number of aliphatic hydroxyl groups is 1. The first kappa shape index (κ1) is 22.4. The SMILES string of the molecule is CCOC(=O)c1cc(-c2ccc(N3CCC(O)CC3)cc2)c2c(n1)N(c1ccccc1)NC2C. The number of piperidine rings is 1. The number of carbonyl (C=O) groups is 1. The Labute approximate surface area is 200 Å². The molecule has 1 fully saturated rings. The lowest BCUT2D eigenvalue weighted by molar-refractivity contribution is 0.0519. The van der Waals surface area contributed by atoms with E-state index in [4.69, 9.17) is 9.72 Å². The maximum Gasteiger partial charge on any atom is 0.357 e. The second-order valence-corrected chi connectivity index (χ2v) is 8.80. The van der Waals surface area contributed by atoms with Crippen LogP contribution in [0.5, 0.6) is 0 Å². The van der Waals surface area contributed by atoms with Gasteiger partial charge in [0.1, 0.15) is 0 Å². The zero-order valence-corrected chi connectivity index (χ0v) is 19.6. The molecule has 0 spiro atoms. The Bertz CT molecular complexity index is 1160. The van der Waals surface area contributed by atoms with Gasteiger partial charge in [-0.2, -0.15) is 0 Å². The highest BCUT2D eigenvalue weighted by molar-refractivity contribution is 5.92. The molecule has 1 saturated heterocycles. The molecule has 2 aliphatic rings. The Hall–Kier alpha value is -3.42. The van der Waals surface area contributed by atoms with E-state index in [0.29, 0.717) is 18.1 Å². The first-order valence-corrected chi connectivity index (χ1v) is 11.9. The van der Waals surface area contributed by atoms with Crippen LogP contribution in [0.4, 0.5) is 17.2 Å². The average molecular weight is 459 g/mol. The van der Waals surface area contributed by atoms with Gasteiger partial charge in [0.05, 0.1) is 24.4 Å². The summed E-state index contributed by atoms with van der Waals surface area (Å²) in [5, 5.41) is 11.8. The van der Waals surface area contributed by atoms with Crippen LogP contribution in [0.1, 0.15) is 48.8 Å². The van der Waals surface area contributed by atoms with Gasteiger partial charge in [-0.05, 0) is 68.1 Å². The van der Waals surface area contributed by atoms with E-state index in [-0.39, 0.29) is 12.1 Å². The van der Waals surface area contributed by atoms with Crippen LogP contribution in [0.25, 0.3) is 11.1 Å². The Balaban J connectivity index is 1.56. The Morgan fingerprint density at radius 3 is 2.47 bits per heavy atom. The molecule has 0 aliphatic carbocycles. The molecule has 5 rings (SSSR count). The number of para-hydroxylation sites is 1. The predicted molar refractivity (Wildman–Crippen MR) is 133 cm³/mol. The first-order chi connectivity index (χ1) is 16.5. The third-order valence-electron chi connectivity index (χ3n) is 6.51. The molecule has 2 aromatic carbocycles. The number of benzene rings is 2. The number of rotatable bonds is 5. The zero-order valence-electron chi connectivity index (χ0n) is 19.6. The van der Waals surface area contributed by atoms with Crippen LogP contribution in [0, 0.1) is 0 Å². The number of aromatic nitrogens is 1. The molecule has 1 atom stereocenters. The maximum absolute atomic E-state index is 12.7. The minimum Gasteiger partial charge on any atom is -0.461 e. The molecule has 176 valence electrons. The Morgan fingerprint density at radius 2 is 1.79 bits per heavy atom. The van der Waals surface area contributed by atoms with Gasteiger partial charge in [-0.25, -0.2) is 15.2 Å². The monoisotopic (exact) mass is 458 g/mol. The van der Waals surface area contributed by atoms with Gasteiger partial charge in [-0.1, -0.05) is 30.3 Å². The molecular weight excluding hydrogens is 428 g/mol. The van der Waals surface area contributed by atoms with Crippen molar-refractivity contribution >= 4 is 23.2 Å². The number of hydrazine groups is 1. The van der Waals surface area contributed by atoms with Crippen LogP contribution in [0.2, 0.25) is 0 Å². The van der Waals surface area contributed by atoms with E-state index in [0.717, 1.165) is 54.0 Å². The molecule has 0 saturated carbocycles. The number of pyridine rings is 1. The molecule has 3 aromatic rings. The second-order valence-electron chi connectivity index (χ2n) is 8.80. The normalized spacial score (nSPS) is 18.1. The van der Waals surface area contributed by atoms with E-state index in [1.165, 1.54) is 0 Å². The maximum atomic E-state index is 12.7. The summed E-state index contributed by atoms with van der Waals surface area (Å²) in [5.74, 6) is 0.288. The predicted octanol–water partition coefficient (Wildman–Crippen LogP) is 4.60. The van der Waals surface area contributed by atoms with Gasteiger partial charge in [0, 0.05) is 24.3 Å². The fourth-order valence-corrected chi connectivity index (χ4v) is 4.76. The molecule has 3 heterocycles. The van der Waals surface area contributed by atoms with Crippen LogP contribution in [0.3, 0.4) is 0 Å². The van der Waals surface area contributed by atoms with Crippen LogP contribution in [-0.4, -0.2) is 41.9 Å². The van der Waals surface area contributed by atoms with E-state index in [2.05, 4.69) is 41.5 Å². The smallest absolute Gasteiger partial charge is 0.357 e. The largest absolute Gasteiger partial charge is 0.461 e. The van der Waals surface area contributed by atoms with Crippen LogP contribution in [-0.2, 0) is 4.74 Å². The quantitative estimate of drug-likeness (QED) is 0.541. The van der Waals surface area contributed by atoms with Gasteiger partial charge in [0.2, 0.25) is 0 Å². The van der Waals surface area contributed by atoms with Crippen molar-refractivity contribution in [1.29, 1.82) is 0 Å². The number of ether oxygens (including phenoxy) is 1. The molecule has 7 heteroatoms. The Kier molecular flexibility index (Phi) is 6.22. The number of hydrogen-bond donors (Lipinski definition) is 2. The lowest BCUT2D eigenvalue weighted by Crippen LogP contribution is -2.35. The summed E-state index contributed by atoms with van der Waals surface area (Å²) in [6, 6.07) is 20.2. The average Bonchev–Trinajstić information content (AvgIpc) is 3.21. The Morgan fingerprint density at radius 1 is 1.09 bits per heavy atom. The number of fused-ring (bicyclic) bond motifs is 1. The summed E-state index contributed by atoms with van der Waals surface area (Å²) in [4.78, 5) is 19.7. The third kappa shape index (κ3) is 4.24.